The fourth-order valence-corrected chi connectivity index (χ4v) is 2.01. The number of benzene rings is 1. The zero-order chi connectivity index (χ0) is 9.97. The number of piperazine rings is 1. The molecule has 1 atom stereocenters. The zero-order valence-electron chi connectivity index (χ0n) is 9.34. The summed E-state index contributed by atoms with van der Waals surface area (Å²) in [6, 6.07) is 7.17. The minimum absolute atomic E-state index is 0. The van der Waals surface area contributed by atoms with Crippen molar-refractivity contribution in [3.05, 3.63) is 34.9 Å². The van der Waals surface area contributed by atoms with Crippen LogP contribution >= 0.6 is 12.4 Å². The highest BCUT2D eigenvalue weighted by Gasteiger charge is 2.15. The zero-order valence-corrected chi connectivity index (χ0v) is 10.2. The Morgan fingerprint density at radius 1 is 1.20 bits per heavy atom. The molecule has 2 N–H and O–H groups in total. The molecule has 1 aromatic carbocycles. The third kappa shape index (κ3) is 2.94. The van der Waals surface area contributed by atoms with Crippen molar-refractivity contribution in [3.63, 3.8) is 0 Å². The number of rotatable bonds is 1. The van der Waals surface area contributed by atoms with Crippen molar-refractivity contribution >= 4 is 12.4 Å². The lowest BCUT2D eigenvalue weighted by Crippen LogP contribution is -2.42. The van der Waals surface area contributed by atoms with Crippen molar-refractivity contribution in [2.24, 2.45) is 0 Å². The van der Waals surface area contributed by atoms with E-state index in [-0.39, 0.29) is 12.4 Å². The highest BCUT2D eigenvalue weighted by atomic mass is 35.5. The molecule has 2 nitrogen and oxygen atoms in total. The summed E-state index contributed by atoms with van der Waals surface area (Å²) in [7, 11) is 0. The fourth-order valence-electron chi connectivity index (χ4n) is 2.01. The van der Waals surface area contributed by atoms with Crippen molar-refractivity contribution in [1.82, 2.24) is 10.6 Å². The van der Waals surface area contributed by atoms with Crippen molar-refractivity contribution in [3.8, 4) is 0 Å². The molecule has 0 bridgehead atoms. The first kappa shape index (κ1) is 12.5. The largest absolute Gasteiger partial charge is 0.314 e. The minimum Gasteiger partial charge on any atom is -0.314 e. The quantitative estimate of drug-likeness (QED) is 0.765. The summed E-state index contributed by atoms with van der Waals surface area (Å²) in [5.41, 5.74) is 4.17. The average molecular weight is 227 g/mol. The Bertz CT molecular complexity index is 319. The van der Waals surface area contributed by atoms with E-state index in [1.165, 1.54) is 16.7 Å². The molecule has 2 rings (SSSR count). The van der Waals surface area contributed by atoms with Crippen LogP contribution in [0, 0.1) is 13.8 Å². The highest BCUT2D eigenvalue weighted by molar-refractivity contribution is 5.85. The van der Waals surface area contributed by atoms with Gasteiger partial charge in [-0.1, -0.05) is 23.8 Å². The predicted octanol–water partition coefficient (Wildman–Crippen LogP) is 1.96. The first-order valence-electron chi connectivity index (χ1n) is 5.28. The van der Waals surface area contributed by atoms with Crippen LogP contribution < -0.4 is 10.6 Å². The maximum absolute atomic E-state index is 3.54. The molecule has 0 amide bonds. The van der Waals surface area contributed by atoms with E-state index in [4.69, 9.17) is 0 Å². The Morgan fingerprint density at radius 3 is 2.67 bits per heavy atom. The molecular formula is C12H19ClN2. The molecule has 3 heteroatoms. The lowest BCUT2D eigenvalue weighted by molar-refractivity contribution is 0.429. The number of hydrogen-bond donors (Lipinski definition) is 2. The Balaban J connectivity index is 0.00000112. The second-order valence-corrected chi connectivity index (χ2v) is 4.07. The van der Waals surface area contributed by atoms with Gasteiger partial charge in [0, 0.05) is 25.7 Å². The van der Waals surface area contributed by atoms with Gasteiger partial charge in [0.15, 0.2) is 0 Å². The average Bonchev–Trinajstić information content (AvgIpc) is 2.23. The second kappa shape index (κ2) is 5.50. The van der Waals surface area contributed by atoms with Crippen molar-refractivity contribution in [2.75, 3.05) is 19.6 Å². The third-order valence-corrected chi connectivity index (χ3v) is 2.85. The molecule has 0 saturated carbocycles. The summed E-state index contributed by atoms with van der Waals surface area (Å²) in [5, 5.41) is 6.96. The van der Waals surface area contributed by atoms with Crippen molar-refractivity contribution in [1.29, 1.82) is 0 Å². The molecule has 0 spiro atoms. The van der Waals surface area contributed by atoms with Crippen LogP contribution in [0.3, 0.4) is 0 Å². The van der Waals surface area contributed by atoms with Gasteiger partial charge in [-0.3, -0.25) is 0 Å². The second-order valence-electron chi connectivity index (χ2n) is 4.07. The van der Waals surface area contributed by atoms with Gasteiger partial charge in [-0.2, -0.15) is 0 Å². The van der Waals surface area contributed by atoms with Crippen LogP contribution in [0.1, 0.15) is 22.7 Å². The van der Waals surface area contributed by atoms with Gasteiger partial charge in [0.25, 0.3) is 0 Å². The first-order valence-corrected chi connectivity index (χ1v) is 5.28. The summed E-state index contributed by atoms with van der Waals surface area (Å²) in [6.45, 7) is 7.54. The van der Waals surface area contributed by atoms with Gasteiger partial charge in [-0.25, -0.2) is 0 Å². The SMILES string of the molecule is Cc1ccc(C)c([C@@H]2CNCCN2)c1.Cl. The van der Waals surface area contributed by atoms with Gasteiger partial charge in [-0.05, 0) is 25.0 Å². The van der Waals surface area contributed by atoms with Gasteiger partial charge in [0.1, 0.15) is 0 Å². The van der Waals surface area contributed by atoms with E-state index in [9.17, 15) is 0 Å². The number of hydrogen-bond acceptors (Lipinski definition) is 2. The van der Waals surface area contributed by atoms with E-state index in [0.717, 1.165) is 19.6 Å². The Kier molecular flexibility index (Phi) is 4.58. The van der Waals surface area contributed by atoms with Crippen LogP contribution in [0.5, 0.6) is 0 Å². The van der Waals surface area contributed by atoms with E-state index in [1.54, 1.807) is 0 Å². The molecule has 15 heavy (non-hydrogen) atoms. The standard InChI is InChI=1S/C12H18N2.ClH/c1-9-3-4-10(2)11(7-9)12-8-13-5-6-14-12;/h3-4,7,12-14H,5-6,8H2,1-2H3;1H/t12-;/m0./s1. The Hall–Kier alpha value is -0.570. The molecule has 1 aliphatic rings. The molecule has 1 saturated heterocycles. The van der Waals surface area contributed by atoms with Gasteiger partial charge in [-0.15, -0.1) is 12.4 Å². The predicted molar refractivity (Wildman–Crippen MR) is 66.8 cm³/mol. The Labute approximate surface area is 97.9 Å². The van der Waals surface area contributed by atoms with Crippen LogP contribution in [-0.2, 0) is 0 Å². The first-order chi connectivity index (χ1) is 6.77. The molecule has 1 aliphatic heterocycles. The molecule has 84 valence electrons. The molecule has 1 aromatic rings. The van der Waals surface area contributed by atoms with Crippen LogP contribution in [0.2, 0.25) is 0 Å². The number of aryl methyl sites for hydroxylation is 2. The summed E-state index contributed by atoms with van der Waals surface area (Å²) < 4.78 is 0. The lowest BCUT2D eigenvalue weighted by atomic mass is 9.98. The molecule has 1 heterocycles. The van der Waals surface area contributed by atoms with Crippen LogP contribution in [0.25, 0.3) is 0 Å². The maximum Gasteiger partial charge on any atom is 0.0449 e. The fraction of sp³-hybridized carbons (Fsp3) is 0.500. The summed E-state index contributed by atoms with van der Waals surface area (Å²) in [4.78, 5) is 0. The lowest BCUT2D eigenvalue weighted by Gasteiger charge is -2.26. The Morgan fingerprint density at radius 2 is 2.00 bits per heavy atom. The van der Waals surface area contributed by atoms with Crippen LogP contribution in [0.4, 0.5) is 0 Å². The molecule has 1 fully saturated rings. The van der Waals surface area contributed by atoms with Gasteiger partial charge in [0.05, 0.1) is 0 Å². The van der Waals surface area contributed by atoms with Crippen LogP contribution in [-0.4, -0.2) is 19.6 Å². The van der Waals surface area contributed by atoms with E-state index in [1.807, 2.05) is 0 Å². The summed E-state index contributed by atoms with van der Waals surface area (Å²) in [5.74, 6) is 0. The highest BCUT2D eigenvalue weighted by Crippen LogP contribution is 2.19. The summed E-state index contributed by atoms with van der Waals surface area (Å²) in [6.07, 6.45) is 0. The molecule has 0 radical (unpaired) electrons. The van der Waals surface area contributed by atoms with Crippen LogP contribution in [0.15, 0.2) is 18.2 Å². The number of halogens is 1. The van der Waals surface area contributed by atoms with Gasteiger partial charge in [0.2, 0.25) is 0 Å². The molecule has 0 aromatic heterocycles. The molecule has 0 unspecified atom stereocenters. The smallest absolute Gasteiger partial charge is 0.0449 e. The molecular weight excluding hydrogens is 208 g/mol. The molecule has 0 aliphatic carbocycles. The van der Waals surface area contributed by atoms with Gasteiger partial charge < -0.3 is 10.6 Å². The van der Waals surface area contributed by atoms with E-state index in [0.29, 0.717) is 6.04 Å². The van der Waals surface area contributed by atoms with E-state index in [2.05, 4.69) is 42.7 Å². The van der Waals surface area contributed by atoms with Gasteiger partial charge >= 0.3 is 0 Å². The minimum atomic E-state index is 0. The monoisotopic (exact) mass is 226 g/mol. The van der Waals surface area contributed by atoms with Crippen molar-refractivity contribution in [2.45, 2.75) is 19.9 Å². The maximum atomic E-state index is 3.54. The topological polar surface area (TPSA) is 24.1 Å². The summed E-state index contributed by atoms with van der Waals surface area (Å²) >= 11 is 0. The number of nitrogens with one attached hydrogen (secondary N) is 2. The van der Waals surface area contributed by atoms with E-state index >= 15 is 0 Å². The van der Waals surface area contributed by atoms with Crippen molar-refractivity contribution < 1.29 is 0 Å². The normalized spacial score (nSPS) is 20.8. The van der Waals surface area contributed by atoms with E-state index < -0.39 is 0 Å². The third-order valence-electron chi connectivity index (χ3n) is 2.85.